The Morgan fingerprint density at radius 3 is 2.56 bits per heavy atom. The molecular formula is C13H14N6O11S2. The molecule has 0 aromatic carbocycles. The Labute approximate surface area is 182 Å². The number of carboxylic acid groups (broad SMARTS) is 2. The van der Waals surface area contributed by atoms with Crippen LogP contribution in [-0.2, 0) is 39.2 Å². The molecule has 5 N–H and O–H groups in total. The fraction of sp³-hybridized carbons (Fsp3) is 0.308. The number of hydrogen-bond donors (Lipinski definition) is 4. The van der Waals surface area contributed by atoms with E-state index in [1.54, 1.807) is 0 Å². The molecule has 1 fully saturated rings. The van der Waals surface area contributed by atoms with Gasteiger partial charge in [-0.1, -0.05) is 10.3 Å². The molecule has 0 saturated carbocycles. The molecule has 0 aliphatic carbocycles. The number of oxime groups is 2. The second kappa shape index (κ2) is 9.98. The second-order valence-corrected chi connectivity index (χ2v) is 7.87. The van der Waals surface area contributed by atoms with Crippen molar-refractivity contribution in [3.05, 3.63) is 11.1 Å². The molecule has 1 aliphatic rings. The van der Waals surface area contributed by atoms with Crippen molar-refractivity contribution in [1.29, 1.82) is 0 Å². The third-order valence-electron chi connectivity index (χ3n) is 3.53. The Morgan fingerprint density at radius 2 is 2.06 bits per heavy atom. The lowest BCUT2D eigenvalue weighted by atomic mass is 10.1. The van der Waals surface area contributed by atoms with Gasteiger partial charge in [-0.2, -0.15) is 8.42 Å². The fourth-order valence-corrected chi connectivity index (χ4v) is 3.39. The zero-order valence-corrected chi connectivity index (χ0v) is 17.2. The van der Waals surface area contributed by atoms with Crippen LogP contribution in [0.4, 0.5) is 5.13 Å². The number of β-lactam (4-membered cyclic amide) rings is 1. The molecule has 1 saturated heterocycles. The van der Waals surface area contributed by atoms with E-state index >= 15 is 0 Å². The Bertz CT molecular complexity index is 1080. The molecule has 19 heteroatoms. The number of aromatic nitrogens is 1. The molecule has 17 nitrogen and oxygen atoms in total. The summed E-state index contributed by atoms with van der Waals surface area (Å²) >= 11 is 0.894. The van der Waals surface area contributed by atoms with E-state index in [-0.39, 0.29) is 15.1 Å². The van der Waals surface area contributed by atoms with Gasteiger partial charge in [0.25, 0.3) is 11.8 Å². The van der Waals surface area contributed by atoms with Gasteiger partial charge in [0.2, 0.25) is 6.61 Å². The average Bonchev–Trinajstić information content (AvgIpc) is 3.10. The van der Waals surface area contributed by atoms with E-state index < -0.39 is 65.7 Å². The van der Waals surface area contributed by atoms with Gasteiger partial charge in [-0.05, 0) is 0 Å². The van der Waals surface area contributed by atoms with E-state index in [4.69, 9.17) is 20.5 Å². The lowest BCUT2D eigenvalue weighted by Crippen LogP contribution is -2.67. The summed E-state index contributed by atoms with van der Waals surface area (Å²) in [6, 6.07) is -1.50. The predicted octanol–water partition coefficient (Wildman–Crippen LogP) is -2.58. The number of rotatable bonds is 11. The largest absolute Gasteiger partial charge is 0.479 e. The van der Waals surface area contributed by atoms with Crippen LogP contribution >= 0.6 is 11.3 Å². The zero-order chi connectivity index (χ0) is 24.1. The first-order valence-corrected chi connectivity index (χ1v) is 10.3. The summed E-state index contributed by atoms with van der Waals surface area (Å²) in [5.41, 5.74) is 4.73. The van der Waals surface area contributed by atoms with Crippen LogP contribution in [0, 0.1) is 0 Å². The van der Waals surface area contributed by atoms with Crippen molar-refractivity contribution in [2.24, 2.45) is 10.3 Å². The standard InChI is InChI=1S/C13H14N6O11S2/c14-13-16-6(4-31-13)10(17-29-3-9(22)23)12(25)18(5-30-15-1-8(20)21)7-2-19(11(7)24)32(26,27)28/h1,4,7H,2-3,5H2,(H2,14,16)(H,20,21)(H,22,23)(H,26,27,28). The first-order valence-electron chi connectivity index (χ1n) is 8.03. The van der Waals surface area contributed by atoms with Gasteiger partial charge in [-0.15, -0.1) is 11.3 Å². The normalized spacial score (nSPS) is 16.5. The number of thiazole rings is 1. The third-order valence-corrected chi connectivity index (χ3v) is 5.09. The molecule has 1 aromatic rings. The molecule has 32 heavy (non-hydrogen) atoms. The van der Waals surface area contributed by atoms with Gasteiger partial charge in [0.05, 0.1) is 6.54 Å². The van der Waals surface area contributed by atoms with Crippen molar-refractivity contribution >= 4 is 62.5 Å². The first kappa shape index (κ1) is 24.4. The highest BCUT2D eigenvalue weighted by molar-refractivity contribution is 7.84. The van der Waals surface area contributed by atoms with Crippen LogP contribution in [0.25, 0.3) is 0 Å². The number of nitrogens with two attached hydrogens (primary N) is 1. The molecule has 0 spiro atoms. The van der Waals surface area contributed by atoms with Crippen LogP contribution in [0.5, 0.6) is 0 Å². The van der Waals surface area contributed by atoms with E-state index in [2.05, 4.69) is 25.0 Å². The maximum atomic E-state index is 13.1. The molecule has 1 aliphatic heterocycles. The number of hydrogen-bond acceptors (Lipinski definition) is 13. The van der Waals surface area contributed by atoms with Crippen LogP contribution in [-0.4, -0.2) is 99.0 Å². The summed E-state index contributed by atoms with van der Waals surface area (Å²) < 4.78 is 31.4. The molecular weight excluding hydrogens is 480 g/mol. The number of anilines is 1. The minimum absolute atomic E-state index is 0.00450. The van der Waals surface area contributed by atoms with E-state index in [1.165, 1.54) is 5.38 Å². The van der Waals surface area contributed by atoms with Crippen molar-refractivity contribution in [3.63, 3.8) is 0 Å². The van der Waals surface area contributed by atoms with Crippen molar-refractivity contribution in [2.75, 3.05) is 25.6 Å². The highest BCUT2D eigenvalue weighted by Crippen LogP contribution is 2.22. The highest BCUT2D eigenvalue weighted by atomic mass is 32.2. The van der Waals surface area contributed by atoms with Gasteiger partial charge in [-0.3, -0.25) is 19.0 Å². The smallest absolute Gasteiger partial charge is 0.362 e. The van der Waals surface area contributed by atoms with Gasteiger partial charge in [-0.25, -0.2) is 18.9 Å². The summed E-state index contributed by atoms with van der Waals surface area (Å²) in [4.78, 5) is 60.0. The average molecular weight is 494 g/mol. The summed E-state index contributed by atoms with van der Waals surface area (Å²) in [6.07, 6.45) is 0.335. The molecule has 2 heterocycles. The molecule has 0 radical (unpaired) electrons. The van der Waals surface area contributed by atoms with Crippen molar-refractivity contribution in [3.8, 4) is 0 Å². The molecule has 2 rings (SSSR count). The number of carboxylic acids is 2. The maximum Gasteiger partial charge on any atom is 0.362 e. The minimum Gasteiger partial charge on any atom is -0.479 e. The molecule has 1 atom stereocenters. The van der Waals surface area contributed by atoms with Crippen LogP contribution in [0.15, 0.2) is 15.7 Å². The molecule has 174 valence electrons. The van der Waals surface area contributed by atoms with Crippen LogP contribution in [0.1, 0.15) is 5.69 Å². The number of amides is 2. The lowest BCUT2D eigenvalue weighted by molar-refractivity contribution is -0.154. The second-order valence-electron chi connectivity index (χ2n) is 5.65. The summed E-state index contributed by atoms with van der Waals surface area (Å²) in [5, 5.41) is 24.9. The molecule has 1 aromatic heterocycles. The first-order chi connectivity index (χ1) is 14.9. The number of nitrogens with zero attached hydrogens (tertiary/aromatic N) is 5. The van der Waals surface area contributed by atoms with E-state index in [9.17, 15) is 27.6 Å². The quantitative estimate of drug-likeness (QED) is 0.0811. The number of carbonyl (C=O) groups excluding carboxylic acids is 2. The Balaban J connectivity index is 2.35. The number of nitrogen functional groups attached to an aromatic ring is 1. The van der Waals surface area contributed by atoms with Crippen molar-refractivity contribution < 1.29 is 52.0 Å². The minimum atomic E-state index is -4.89. The van der Waals surface area contributed by atoms with Gasteiger partial charge >= 0.3 is 22.2 Å². The van der Waals surface area contributed by atoms with E-state index in [0.29, 0.717) is 11.1 Å². The van der Waals surface area contributed by atoms with E-state index in [1.807, 2.05) is 0 Å². The van der Waals surface area contributed by atoms with E-state index in [0.717, 1.165) is 11.3 Å². The summed E-state index contributed by atoms with van der Waals surface area (Å²) in [7, 11) is -4.89. The zero-order valence-electron chi connectivity index (χ0n) is 15.6. The molecule has 2 amide bonds. The summed E-state index contributed by atoms with van der Waals surface area (Å²) in [6.45, 7) is -2.47. The predicted molar refractivity (Wildman–Crippen MR) is 103 cm³/mol. The lowest BCUT2D eigenvalue weighted by Gasteiger charge is -2.40. The van der Waals surface area contributed by atoms with Crippen LogP contribution in [0.2, 0.25) is 0 Å². The third kappa shape index (κ3) is 6.09. The molecule has 0 bridgehead atoms. The Kier molecular flexibility index (Phi) is 7.62. The van der Waals surface area contributed by atoms with Crippen molar-refractivity contribution in [2.45, 2.75) is 6.04 Å². The summed E-state index contributed by atoms with van der Waals surface area (Å²) in [5.74, 6) is -5.27. The van der Waals surface area contributed by atoms with Crippen LogP contribution < -0.4 is 5.73 Å². The van der Waals surface area contributed by atoms with Gasteiger partial charge in [0, 0.05) is 5.38 Å². The van der Waals surface area contributed by atoms with Gasteiger partial charge in [0.1, 0.15) is 11.7 Å². The van der Waals surface area contributed by atoms with Gasteiger partial charge < -0.3 is 25.6 Å². The maximum absolute atomic E-state index is 13.1. The van der Waals surface area contributed by atoms with Crippen molar-refractivity contribution in [1.82, 2.24) is 14.2 Å². The molecule has 1 unspecified atom stereocenters. The Hall–Kier alpha value is -3.84. The number of aliphatic carboxylic acids is 2. The highest BCUT2D eigenvalue weighted by Gasteiger charge is 2.49. The fourth-order valence-electron chi connectivity index (χ4n) is 2.17. The topological polar surface area (TPSA) is 252 Å². The van der Waals surface area contributed by atoms with Crippen LogP contribution in [0.3, 0.4) is 0 Å². The van der Waals surface area contributed by atoms with Gasteiger partial charge in [0.15, 0.2) is 23.8 Å². The SMILES string of the molecule is Nc1nc(C(=NOCC(=O)O)C(=O)N(CON=CC(=O)O)C2CN(S(=O)(=O)O)C2=O)cs1. The Morgan fingerprint density at radius 1 is 1.38 bits per heavy atom. The monoisotopic (exact) mass is 494 g/mol. The number of carbonyl (C=O) groups is 4.